The van der Waals surface area contributed by atoms with E-state index in [0.717, 1.165) is 12.5 Å². The van der Waals surface area contributed by atoms with E-state index in [2.05, 4.69) is 5.43 Å². The highest BCUT2D eigenvalue weighted by Crippen LogP contribution is 2.19. The molecule has 0 saturated carbocycles. The molecule has 0 aliphatic heterocycles. The van der Waals surface area contributed by atoms with E-state index in [1.807, 2.05) is 0 Å². The quantitative estimate of drug-likeness (QED) is 0.446. The van der Waals surface area contributed by atoms with Crippen molar-refractivity contribution >= 4 is 0 Å². The number of methoxy groups -OCH3 is 1. The lowest BCUT2D eigenvalue weighted by Gasteiger charge is -2.16. The van der Waals surface area contributed by atoms with Gasteiger partial charge in [-0.3, -0.25) is 11.3 Å². The van der Waals surface area contributed by atoms with E-state index in [1.54, 1.807) is 7.11 Å². The van der Waals surface area contributed by atoms with Gasteiger partial charge in [0.05, 0.1) is 0 Å². The summed E-state index contributed by atoms with van der Waals surface area (Å²) in [5.41, 5.74) is 3.05. The number of hydrogen-bond acceptors (Lipinski definition) is 3. The molecule has 0 saturated heterocycles. The molecule has 0 aromatic heterocycles. The lowest BCUT2D eigenvalue weighted by atomic mass is 10.0. The molecule has 0 spiro atoms. The topological polar surface area (TPSA) is 47.3 Å². The summed E-state index contributed by atoms with van der Waals surface area (Å²) in [5.74, 6) is 4.16. The van der Waals surface area contributed by atoms with Crippen LogP contribution in [0.15, 0.2) is 18.2 Å². The molecule has 90 valence electrons. The van der Waals surface area contributed by atoms with Crippen LogP contribution in [0.5, 0.6) is 0 Å². The summed E-state index contributed by atoms with van der Waals surface area (Å²) in [6, 6.07) is 3.13. The van der Waals surface area contributed by atoms with Crippen molar-refractivity contribution in [1.29, 1.82) is 0 Å². The Morgan fingerprint density at radius 2 is 1.94 bits per heavy atom. The van der Waals surface area contributed by atoms with Gasteiger partial charge in [0, 0.05) is 25.8 Å². The maximum atomic E-state index is 13.0. The average molecular weight is 230 g/mol. The van der Waals surface area contributed by atoms with Gasteiger partial charge in [0.2, 0.25) is 0 Å². The first-order chi connectivity index (χ1) is 7.67. The second-order valence-corrected chi connectivity index (χ2v) is 3.56. The van der Waals surface area contributed by atoms with Gasteiger partial charge < -0.3 is 4.74 Å². The number of halogens is 2. The van der Waals surface area contributed by atoms with Crippen LogP contribution in [0, 0.1) is 11.6 Å². The van der Waals surface area contributed by atoms with Crippen LogP contribution in [0.25, 0.3) is 0 Å². The molecule has 0 aliphatic rings. The number of rotatable bonds is 6. The number of nitrogens with two attached hydrogens (primary N) is 1. The molecule has 0 aliphatic carbocycles. The third-order valence-electron chi connectivity index (χ3n) is 2.33. The van der Waals surface area contributed by atoms with Crippen LogP contribution in [0.4, 0.5) is 8.78 Å². The van der Waals surface area contributed by atoms with Crippen molar-refractivity contribution in [2.75, 3.05) is 13.7 Å². The molecule has 0 amide bonds. The third kappa shape index (κ3) is 3.84. The predicted octanol–water partition coefficient (Wildman–Crippen LogP) is 1.90. The molecule has 1 aromatic rings. The van der Waals surface area contributed by atoms with Crippen molar-refractivity contribution in [2.45, 2.75) is 18.9 Å². The number of benzene rings is 1. The minimum atomic E-state index is -0.595. The fourth-order valence-corrected chi connectivity index (χ4v) is 1.55. The number of ether oxygens (including phenoxy) is 1. The standard InChI is InChI=1S/C11H16F2N2O/c1-16-4-2-3-11(15-14)8-5-9(12)7-10(13)6-8/h5-7,11,15H,2-4,14H2,1H3. The van der Waals surface area contributed by atoms with E-state index >= 15 is 0 Å². The van der Waals surface area contributed by atoms with E-state index in [9.17, 15) is 8.78 Å². The molecular formula is C11H16F2N2O. The molecule has 1 unspecified atom stereocenters. The molecule has 16 heavy (non-hydrogen) atoms. The third-order valence-corrected chi connectivity index (χ3v) is 2.33. The fraction of sp³-hybridized carbons (Fsp3) is 0.455. The Labute approximate surface area is 93.6 Å². The molecule has 0 radical (unpaired) electrons. The van der Waals surface area contributed by atoms with Gasteiger partial charge in [-0.15, -0.1) is 0 Å². The van der Waals surface area contributed by atoms with Crippen LogP contribution >= 0.6 is 0 Å². The van der Waals surface area contributed by atoms with E-state index < -0.39 is 11.6 Å². The van der Waals surface area contributed by atoms with Gasteiger partial charge in [-0.1, -0.05) is 0 Å². The molecule has 0 fully saturated rings. The lowest BCUT2D eigenvalue weighted by molar-refractivity contribution is 0.188. The van der Waals surface area contributed by atoms with Crippen molar-refractivity contribution in [2.24, 2.45) is 5.84 Å². The zero-order chi connectivity index (χ0) is 12.0. The van der Waals surface area contributed by atoms with Gasteiger partial charge in [-0.25, -0.2) is 8.78 Å². The van der Waals surface area contributed by atoms with Crippen LogP contribution in [0.3, 0.4) is 0 Å². The SMILES string of the molecule is COCCCC(NN)c1cc(F)cc(F)c1. The predicted molar refractivity (Wildman–Crippen MR) is 57.5 cm³/mol. The first-order valence-corrected chi connectivity index (χ1v) is 5.08. The largest absolute Gasteiger partial charge is 0.385 e. The van der Waals surface area contributed by atoms with Gasteiger partial charge in [0.15, 0.2) is 0 Å². The molecule has 3 nitrogen and oxygen atoms in total. The Morgan fingerprint density at radius 1 is 1.31 bits per heavy atom. The number of hydrogen-bond donors (Lipinski definition) is 2. The van der Waals surface area contributed by atoms with Gasteiger partial charge in [0.25, 0.3) is 0 Å². The smallest absolute Gasteiger partial charge is 0.126 e. The summed E-state index contributed by atoms with van der Waals surface area (Å²) in [6.07, 6.45) is 1.43. The summed E-state index contributed by atoms with van der Waals surface area (Å²) in [6.45, 7) is 0.593. The number of hydrazine groups is 1. The second-order valence-electron chi connectivity index (χ2n) is 3.56. The number of nitrogens with one attached hydrogen (secondary N) is 1. The van der Waals surface area contributed by atoms with E-state index in [1.165, 1.54) is 12.1 Å². The van der Waals surface area contributed by atoms with Crippen LogP contribution in [-0.2, 0) is 4.74 Å². The Hall–Kier alpha value is -1.04. The van der Waals surface area contributed by atoms with Crippen molar-refractivity contribution in [3.05, 3.63) is 35.4 Å². The van der Waals surface area contributed by atoms with Crippen LogP contribution in [0.1, 0.15) is 24.4 Å². The minimum Gasteiger partial charge on any atom is -0.385 e. The van der Waals surface area contributed by atoms with Gasteiger partial charge in [0.1, 0.15) is 11.6 Å². The Bertz CT molecular complexity index is 314. The molecular weight excluding hydrogens is 214 g/mol. The highest BCUT2D eigenvalue weighted by Gasteiger charge is 2.11. The first-order valence-electron chi connectivity index (χ1n) is 5.08. The van der Waals surface area contributed by atoms with Gasteiger partial charge >= 0.3 is 0 Å². The maximum Gasteiger partial charge on any atom is 0.126 e. The van der Waals surface area contributed by atoms with Crippen LogP contribution < -0.4 is 11.3 Å². The molecule has 5 heteroatoms. The highest BCUT2D eigenvalue weighted by molar-refractivity contribution is 5.21. The van der Waals surface area contributed by atoms with Gasteiger partial charge in [-0.2, -0.15) is 0 Å². The summed E-state index contributed by atoms with van der Waals surface area (Å²) in [4.78, 5) is 0. The Morgan fingerprint density at radius 3 is 2.44 bits per heavy atom. The Balaban J connectivity index is 2.70. The second kappa shape index (κ2) is 6.52. The van der Waals surface area contributed by atoms with Crippen LogP contribution in [0.2, 0.25) is 0 Å². The van der Waals surface area contributed by atoms with E-state index in [0.29, 0.717) is 18.6 Å². The summed E-state index contributed by atoms with van der Waals surface area (Å²) < 4.78 is 30.9. The fourth-order valence-electron chi connectivity index (χ4n) is 1.55. The summed E-state index contributed by atoms with van der Waals surface area (Å²) in [7, 11) is 1.60. The monoisotopic (exact) mass is 230 g/mol. The molecule has 0 heterocycles. The molecule has 1 rings (SSSR count). The summed E-state index contributed by atoms with van der Waals surface area (Å²) >= 11 is 0. The van der Waals surface area contributed by atoms with Gasteiger partial charge in [-0.05, 0) is 30.5 Å². The molecule has 1 aromatic carbocycles. The van der Waals surface area contributed by atoms with Crippen LogP contribution in [-0.4, -0.2) is 13.7 Å². The van der Waals surface area contributed by atoms with Crippen molar-refractivity contribution in [1.82, 2.24) is 5.43 Å². The average Bonchev–Trinajstić information content (AvgIpc) is 2.23. The zero-order valence-electron chi connectivity index (χ0n) is 9.17. The lowest BCUT2D eigenvalue weighted by Crippen LogP contribution is -2.28. The normalized spacial score (nSPS) is 12.8. The van der Waals surface area contributed by atoms with Crippen molar-refractivity contribution in [3.8, 4) is 0 Å². The molecule has 3 N–H and O–H groups in total. The van der Waals surface area contributed by atoms with Crippen molar-refractivity contribution in [3.63, 3.8) is 0 Å². The Kier molecular flexibility index (Phi) is 5.31. The van der Waals surface area contributed by atoms with E-state index in [-0.39, 0.29) is 6.04 Å². The highest BCUT2D eigenvalue weighted by atomic mass is 19.1. The zero-order valence-corrected chi connectivity index (χ0v) is 9.17. The maximum absolute atomic E-state index is 13.0. The molecule has 0 bridgehead atoms. The summed E-state index contributed by atoms with van der Waals surface area (Å²) in [5, 5.41) is 0. The van der Waals surface area contributed by atoms with E-state index in [4.69, 9.17) is 10.6 Å². The molecule has 1 atom stereocenters. The minimum absolute atomic E-state index is 0.264. The first kappa shape index (κ1) is 13.0. The van der Waals surface area contributed by atoms with Crippen molar-refractivity contribution < 1.29 is 13.5 Å².